The summed E-state index contributed by atoms with van der Waals surface area (Å²) in [5.41, 5.74) is -0.685. The number of carbonyl (C=O) groups is 1. The van der Waals surface area contributed by atoms with Crippen LogP contribution in [-0.4, -0.2) is 40.8 Å². The van der Waals surface area contributed by atoms with Crippen LogP contribution in [0.25, 0.3) is 0 Å². The molecule has 1 unspecified atom stereocenters. The molecule has 0 radical (unpaired) electrons. The summed E-state index contributed by atoms with van der Waals surface area (Å²) in [5.74, 6) is -1.44. The highest BCUT2D eigenvalue weighted by atomic mass is 19.4. The van der Waals surface area contributed by atoms with Gasteiger partial charge in [-0.15, -0.1) is 0 Å². The van der Waals surface area contributed by atoms with Gasteiger partial charge in [-0.25, -0.2) is 0 Å². The molecule has 0 spiro atoms. The molecular formula is C10H18F3NO2. The predicted octanol–water partition coefficient (Wildman–Crippen LogP) is 2.51. The minimum absolute atomic E-state index is 0.510. The Balaban J connectivity index is 4.97. The second kappa shape index (κ2) is 5.03. The number of carboxylic acids is 1. The summed E-state index contributed by atoms with van der Waals surface area (Å²) < 4.78 is 38.1. The second-order valence-corrected chi connectivity index (χ2v) is 4.43. The Hall–Kier alpha value is -0.780. The Morgan fingerprint density at radius 3 is 2.06 bits per heavy atom. The van der Waals surface area contributed by atoms with Crippen LogP contribution in [0.2, 0.25) is 0 Å². The SMILES string of the molecule is CCC(C)(C)N(C)C(CC(=O)O)C(F)(F)F. The summed E-state index contributed by atoms with van der Waals surface area (Å²) >= 11 is 0. The highest BCUT2D eigenvalue weighted by Gasteiger charge is 2.46. The molecule has 0 amide bonds. The van der Waals surface area contributed by atoms with Gasteiger partial charge < -0.3 is 5.11 Å². The number of nitrogens with zero attached hydrogens (tertiary/aromatic N) is 1. The van der Waals surface area contributed by atoms with Gasteiger partial charge in [-0.05, 0) is 27.3 Å². The van der Waals surface area contributed by atoms with Crippen molar-refractivity contribution in [3.05, 3.63) is 0 Å². The fourth-order valence-electron chi connectivity index (χ4n) is 1.31. The van der Waals surface area contributed by atoms with E-state index in [1.807, 2.05) is 0 Å². The zero-order valence-corrected chi connectivity index (χ0v) is 9.93. The van der Waals surface area contributed by atoms with Crippen molar-refractivity contribution in [2.75, 3.05) is 7.05 Å². The fraction of sp³-hybridized carbons (Fsp3) is 0.900. The third kappa shape index (κ3) is 4.00. The molecule has 0 aliphatic rings. The van der Waals surface area contributed by atoms with Crippen LogP contribution in [0.15, 0.2) is 0 Å². The van der Waals surface area contributed by atoms with Gasteiger partial charge in [0.05, 0.1) is 6.42 Å². The number of hydrogen-bond acceptors (Lipinski definition) is 2. The molecule has 0 bridgehead atoms. The zero-order valence-electron chi connectivity index (χ0n) is 9.93. The molecule has 0 aromatic rings. The molecule has 0 aliphatic heterocycles. The van der Waals surface area contributed by atoms with E-state index in [0.29, 0.717) is 6.42 Å². The number of rotatable bonds is 5. The van der Waals surface area contributed by atoms with Gasteiger partial charge in [-0.3, -0.25) is 9.69 Å². The van der Waals surface area contributed by atoms with Crippen molar-refractivity contribution >= 4 is 5.97 Å². The normalized spacial score (nSPS) is 15.2. The van der Waals surface area contributed by atoms with E-state index in [0.717, 1.165) is 4.90 Å². The molecule has 3 nitrogen and oxygen atoms in total. The Bertz CT molecular complexity index is 251. The molecule has 0 aromatic heterocycles. The highest BCUT2D eigenvalue weighted by Crippen LogP contribution is 2.31. The Kier molecular flexibility index (Phi) is 4.79. The van der Waals surface area contributed by atoms with Crippen LogP contribution in [0.3, 0.4) is 0 Å². The molecule has 0 heterocycles. The van der Waals surface area contributed by atoms with E-state index in [9.17, 15) is 18.0 Å². The lowest BCUT2D eigenvalue weighted by atomic mass is 9.96. The van der Waals surface area contributed by atoms with Crippen LogP contribution < -0.4 is 0 Å². The minimum Gasteiger partial charge on any atom is -0.481 e. The lowest BCUT2D eigenvalue weighted by Crippen LogP contribution is -2.54. The molecular weight excluding hydrogens is 223 g/mol. The molecule has 16 heavy (non-hydrogen) atoms. The Labute approximate surface area is 93.2 Å². The topological polar surface area (TPSA) is 40.5 Å². The number of hydrogen-bond donors (Lipinski definition) is 1. The van der Waals surface area contributed by atoms with E-state index < -0.39 is 30.1 Å². The Morgan fingerprint density at radius 2 is 1.81 bits per heavy atom. The predicted molar refractivity (Wildman–Crippen MR) is 54.2 cm³/mol. The van der Waals surface area contributed by atoms with Crippen molar-refractivity contribution in [3.8, 4) is 0 Å². The van der Waals surface area contributed by atoms with Crippen molar-refractivity contribution in [1.82, 2.24) is 4.90 Å². The van der Waals surface area contributed by atoms with E-state index >= 15 is 0 Å². The lowest BCUT2D eigenvalue weighted by molar-refractivity contribution is -0.198. The maximum atomic E-state index is 12.7. The van der Waals surface area contributed by atoms with E-state index in [4.69, 9.17) is 5.11 Å². The van der Waals surface area contributed by atoms with Gasteiger partial charge in [0.15, 0.2) is 0 Å². The monoisotopic (exact) mass is 241 g/mol. The molecule has 0 saturated heterocycles. The smallest absolute Gasteiger partial charge is 0.404 e. The molecule has 0 saturated carbocycles. The average molecular weight is 241 g/mol. The standard InChI is InChI=1S/C10H18F3NO2/c1-5-9(2,3)14(4)7(6-8(15)16)10(11,12)13/h7H,5-6H2,1-4H3,(H,15,16). The summed E-state index contributed by atoms with van der Waals surface area (Å²) in [5, 5.41) is 8.51. The first-order chi connectivity index (χ1) is 7.02. The van der Waals surface area contributed by atoms with Crippen molar-refractivity contribution < 1.29 is 23.1 Å². The van der Waals surface area contributed by atoms with Gasteiger partial charge in [0, 0.05) is 5.54 Å². The summed E-state index contributed by atoms with van der Waals surface area (Å²) in [4.78, 5) is 11.5. The highest BCUT2D eigenvalue weighted by molar-refractivity contribution is 5.67. The fourth-order valence-corrected chi connectivity index (χ4v) is 1.31. The molecule has 0 fully saturated rings. The Morgan fingerprint density at radius 1 is 1.38 bits per heavy atom. The van der Waals surface area contributed by atoms with Gasteiger partial charge in [-0.2, -0.15) is 13.2 Å². The molecule has 6 heteroatoms. The number of aliphatic carboxylic acids is 1. The minimum atomic E-state index is -4.53. The van der Waals surface area contributed by atoms with Crippen molar-refractivity contribution in [3.63, 3.8) is 0 Å². The lowest BCUT2D eigenvalue weighted by Gasteiger charge is -2.40. The van der Waals surface area contributed by atoms with E-state index in [1.54, 1.807) is 20.8 Å². The van der Waals surface area contributed by atoms with E-state index in [2.05, 4.69) is 0 Å². The quantitative estimate of drug-likeness (QED) is 0.804. The van der Waals surface area contributed by atoms with Crippen LogP contribution in [-0.2, 0) is 4.79 Å². The number of carboxylic acid groups (broad SMARTS) is 1. The largest absolute Gasteiger partial charge is 0.481 e. The third-order valence-corrected chi connectivity index (χ3v) is 3.03. The van der Waals surface area contributed by atoms with Gasteiger partial charge in [0.1, 0.15) is 6.04 Å². The summed E-state index contributed by atoms with van der Waals surface area (Å²) in [6.07, 6.45) is -4.95. The summed E-state index contributed by atoms with van der Waals surface area (Å²) in [6.45, 7) is 5.09. The van der Waals surface area contributed by atoms with Crippen LogP contribution in [0.1, 0.15) is 33.6 Å². The van der Waals surface area contributed by atoms with Gasteiger partial charge in [0.25, 0.3) is 0 Å². The maximum absolute atomic E-state index is 12.7. The van der Waals surface area contributed by atoms with Crippen molar-refractivity contribution in [2.24, 2.45) is 0 Å². The molecule has 1 atom stereocenters. The van der Waals surface area contributed by atoms with Crippen LogP contribution in [0.4, 0.5) is 13.2 Å². The molecule has 0 aliphatic carbocycles. The summed E-state index contributed by atoms with van der Waals surface area (Å²) in [6, 6.07) is -1.94. The molecule has 0 aromatic carbocycles. The van der Waals surface area contributed by atoms with Gasteiger partial charge in [-0.1, -0.05) is 6.92 Å². The number of halogens is 3. The maximum Gasteiger partial charge on any atom is 0.404 e. The molecule has 96 valence electrons. The van der Waals surface area contributed by atoms with Crippen molar-refractivity contribution in [1.29, 1.82) is 0 Å². The second-order valence-electron chi connectivity index (χ2n) is 4.43. The average Bonchev–Trinajstić information content (AvgIpc) is 2.11. The first-order valence-electron chi connectivity index (χ1n) is 5.03. The molecule has 1 N–H and O–H groups in total. The summed E-state index contributed by atoms with van der Waals surface area (Å²) in [7, 11) is 1.31. The van der Waals surface area contributed by atoms with Crippen LogP contribution in [0.5, 0.6) is 0 Å². The van der Waals surface area contributed by atoms with Gasteiger partial charge >= 0.3 is 12.1 Å². The van der Waals surface area contributed by atoms with Crippen molar-refractivity contribution in [2.45, 2.75) is 51.4 Å². The zero-order chi connectivity index (χ0) is 13.1. The van der Waals surface area contributed by atoms with E-state index in [1.165, 1.54) is 7.05 Å². The third-order valence-electron chi connectivity index (χ3n) is 3.03. The van der Waals surface area contributed by atoms with Crippen LogP contribution in [0, 0.1) is 0 Å². The van der Waals surface area contributed by atoms with Crippen LogP contribution >= 0.6 is 0 Å². The van der Waals surface area contributed by atoms with Gasteiger partial charge in [0.2, 0.25) is 0 Å². The number of alkyl halides is 3. The first kappa shape index (κ1) is 15.2. The van der Waals surface area contributed by atoms with E-state index in [-0.39, 0.29) is 0 Å². The first-order valence-corrected chi connectivity index (χ1v) is 5.03. The molecule has 0 rings (SSSR count).